The highest BCUT2D eigenvalue weighted by molar-refractivity contribution is 7.25. The van der Waals surface area contributed by atoms with Crippen LogP contribution in [0.25, 0.3) is 103 Å². The second-order valence-corrected chi connectivity index (χ2v) is 13.5. The summed E-state index contributed by atoms with van der Waals surface area (Å²) < 4.78 is 5.17. The molecule has 2 aromatic heterocycles. The van der Waals surface area contributed by atoms with E-state index in [2.05, 4.69) is 156 Å². The minimum Gasteiger partial charge on any atom is -0.309 e. The van der Waals surface area contributed by atoms with Gasteiger partial charge in [0, 0.05) is 36.3 Å². The SMILES string of the molecule is c1ccc2c(c1)-c1cccc3c(-c4ccc(-n5c6ccccc6c6cc7sc8ccccc8c7cc65)c5ccccc45)ccc-2c13. The Kier molecular flexibility index (Phi) is 4.78. The van der Waals surface area contributed by atoms with Crippen molar-refractivity contribution in [1.29, 1.82) is 0 Å². The molecule has 8 aromatic carbocycles. The highest BCUT2D eigenvalue weighted by Gasteiger charge is 2.23. The van der Waals surface area contributed by atoms with Crippen LogP contribution in [0.5, 0.6) is 0 Å². The van der Waals surface area contributed by atoms with Gasteiger partial charge in [0.2, 0.25) is 0 Å². The Balaban J connectivity index is 1.21. The molecular formula is C44H25NS. The molecule has 0 fully saturated rings. The van der Waals surface area contributed by atoms with Crippen LogP contribution in [0.4, 0.5) is 0 Å². The second kappa shape index (κ2) is 8.94. The average molecular weight is 600 g/mol. The van der Waals surface area contributed by atoms with Crippen LogP contribution in [0.1, 0.15) is 0 Å². The number of nitrogens with zero attached hydrogens (tertiary/aromatic N) is 1. The fraction of sp³-hybridized carbons (Fsp3) is 0. The van der Waals surface area contributed by atoms with Crippen LogP contribution in [-0.4, -0.2) is 4.57 Å². The van der Waals surface area contributed by atoms with Crippen LogP contribution in [0, 0.1) is 0 Å². The van der Waals surface area contributed by atoms with Gasteiger partial charge in [0.15, 0.2) is 0 Å². The van der Waals surface area contributed by atoms with Crippen LogP contribution < -0.4 is 0 Å². The minimum absolute atomic E-state index is 1.21. The van der Waals surface area contributed by atoms with Gasteiger partial charge in [0.05, 0.1) is 16.7 Å². The number of rotatable bonds is 2. The predicted molar refractivity (Wildman–Crippen MR) is 199 cm³/mol. The lowest BCUT2D eigenvalue weighted by Gasteiger charge is -2.16. The van der Waals surface area contributed by atoms with E-state index in [4.69, 9.17) is 0 Å². The largest absolute Gasteiger partial charge is 0.309 e. The van der Waals surface area contributed by atoms with E-state index in [1.165, 1.54) is 103 Å². The van der Waals surface area contributed by atoms with Crippen molar-refractivity contribution in [2.75, 3.05) is 0 Å². The summed E-state index contributed by atoms with van der Waals surface area (Å²) in [5.41, 5.74) is 11.6. The summed E-state index contributed by atoms with van der Waals surface area (Å²) in [5, 5.41) is 10.4. The maximum Gasteiger partial charge on any atom is 0.0548 e. The zero-order valence-electron chi connectivity index (χ0n) is 24.8. The molecule has 1 nitrogen and oxygen atoms in total. The van der Waals surface area contributed by atoms with Crippen LogP contribution >= 0.6 is 11.3 Å². The first kappa shape index (κ1) is 24.6. The molecule has 1 aliphatic rings. The number of fused-ring (bicyclic) bond motifs is 10. The van der Waals surface area contributed by atoms with E-state index in [1.807, 2.05) is 11.3 Å². The molecule has 0 saturated heterocycles. The van der Waals surface area contributed by atoms with Crippen LogP contribution in [0.15, 0.2) is 152 Å². The third-order valence-corrected chi connectivity index (χ3v) is 11.3. The first-order valence-corrected chi connectivity index (χ1v) is 16.7. The van der Waals surface area contributed by atoms with E-state index in [0.717, 1.165) is 0 Å². The lowest BCUT2D eigenvalue weighted by atomic mass is 9.91. The number of para-hydroxylation sites is 1. The third-order valence-electron chi connectivity index (χ3n) is 10.2. The van der Waals surface area contributed by atoms with E-state index < -0.39 is 0 Å². The topological polar surface area (TPSA) is 4.93 Å². The van der Waals surface area contributed by atoms with E-state index in [0.29, 0.717) is 0 Å². The van der Waals surface area contributed by atoms with E-state index in [9.17, 15) is 0 Å². The molecule has 0 N–H and O–H groups in total. The zero-order valence-corrected chi connectivity index (χ0v) is 25.6. The molecule has 0 unspecified atom stereocenters. The van der Waals surface area contributed by atoms with Gasteiger partial charge in [-0.25, -0.2) is 0 Å². The number of benzene rings is 8. The quantitative estimate of drug-likeness (QED) is 0.186. The molecule has 1 aliphatic carbocycles. The molecule has 0 saturated carbocycles. The molecule has 0 aliphatic heterocycles. The molecule has 212 valence electrons. The number of hydrogen-bond donors (Lipinski definition) is 0. The van der Waals surface area contributed by atoms with Gasteiger partial charge in [-0.1, -0.05) is 121 Å². The van der Waals surface area contributed by atoms with E-state index in [-0.39, 0.29) is 0 Å². The van der Waals surface area contributed by atoms with Crippen molar-refractivity contribution >= 4 is 74.9 Å². The van der Waals surface area contributed by atoms with Gasteiger partial charge in [0.25, 0.3) is 0 Å². The predicted octanol–water partition coefficient (Wildman–Crippen LogP) is 12.8. The molecular weight excluding hydrogens is 575 g/mol. The Morgan fingerprint density at radius 3 is 1.80 bits per heavy atom. The molecule has 11 rings (SSSR count). The maximum atomic E-state index is 2.49. The number of thiophene rings is 1. The number of hydrogen-bond acceptors (Lipinski definition) is 1. The zero-order chi connectivity index (χ0) is 29.9. The Bertz CT molecular complexity index is 2890. The molecule has 2 heterocycles. The Morgan fingerprint density at radius 2 is 0.935 bits per heavy atom. The Morgan fingerprint density at radius 1 is 0.326 bits per heavy atom. The maximum absolute atomic E-state index is 2.49. The summed E-state index contributed by atoms with van der Waals surface area (Å²) in [4.78, 5) is 0. The third kappa shape index (κ3) is 3.14. The summed E-state index contributed by atoms with van der Waals surface area (Å²) in [6.07, 6.45) is 0. The second-order valence-electron chi connectivity index (χ2n) is 12.4. The van der Waals surface area contributed by atoms with Crippen molar-refractivity contribution in [1.82, 2.24) is 4.57 Å². The smallest absolute Gasteiger partial charge is 0.0548 e. The van der Waals surface area contributed by atoms with Crippen LogP contribution in [0.3, 0.4) is 0 Å². The first-order chi connectivity index (χ1) is 22.8. The summed E-state index contributed by atoms with van der Waals surface area (Å²) >= 11 is 1.89. The molecule has 46 heavy (non-hydrogen) atoms. The van der Waals surface area contributed by atoms with Gasteiger partial charge >= 0.3 is 0 Å². The Labute approximate surface area is 269 Å². The lowest BCUT2D eigenvalue weighted by molar-refractivity contribution is 1.20. The van der Waals surface area contributed by atoms with Crippen molar-refractivity contribution in [2.24, 2.45) is 0 Å². The Hall–Kier alpha value is -5.70. The molecule has 10 aromatic rings. The van der Waals surface area contributed by atoms with Gasteiger partial charge in [-0.3, -0.25) is 0 Å². The molecule has 0 amide bonds. The van der Waals surface area contributed by atoms with Crippen molar-refractivity contribution in [3.05, 3.63) is 152 Å². The van der Waals surface area contributed by atoms with Crippen LogP contribution in [-0.2, 0) is 0 Å². The monoisotopic (exact) mass is 599 g/mol. The fourth-order valence-corrected chi connectivity index (χ4v) is 9.33. The average Bonchev–Trinajstić information content (AvgIpc) is 3.76. The van der Waals surface area contributed by atoms with Crippen LogP contribution in [0.2, 0.25) is 0 Å². The summed E-state index contributed by atoms with van der Waals surface area (Å²) in [5.74, 6) is 0. The van der Waals surface area contributed by atoms with E-state index >= 15 is 0 Å². The van der Waals surface area contributed by atoms with Crippen molar-refractivity contribution in [2.45, 2.75) is 0 Å². The van der Waals surface area contributed by atoms with Crippen molar-refractivity contribution in [3.8, 4) is 39.1 Å². The highest BCUT2D eigenvalue weighted by Crippen LogP contribution is 2.50. The number of aromatic nitrogens is 1. The molecule has 0 spiro atoms. The lowest BCUT2D eigenvalue weighted by Crippen LogP contribution is -1.96. The molecule has 0 bridgehead atoms. The van der Waals surface area contributed by atoms with E-state index in [1.54, 1.807) is 0 Å². The van der Waals surface area contributed by atoms with Gasteiger partial charge < -0.3 is 4.57 Å². The summed E-state index contributed by atoms with van der Waals surface area (Å²) in [7, 11) is 0. The van der Waals surface area contributed by atoms with Crippen molar-refractivity contribution < 1.29 is 0 Å². The fourth-order valence-electron chi connectivity index (χ4n) is 8.20. The normalized spacial score (nSPS) is 12.3. The minimum atomic E-state index is 1.21. The molecule has 0 radical (unpaired) electrons. The molecule has 0 atom stereocenters. The first-order valence-electron chi connectivity index (χ1n) is 15.9. The summed E-state index contributed by atoms with van der Waals surface area (Å²) in [6, 6.07) is 56.4. The van der Waals surface area contributed by atoms with Gasteiger partial charge in [-0.2, -0.15) is 0 Å². The summed E-state index contributed by atoms with van der Waals surface area (Å²) in [6.45, 7) is 0. The van der Waals surface area contributed by atoms with Crippen molar-refractivity contribution in [3.63, 3.8) is 0 Å². The highest BCUT2D eigenvalue weighted by atomic mass is 32.1. The van der Waals surface area contributed by atoms with Gasteiger partial charge in [0.1, 0.15) is 0 Å². The van der Waals surface area contributed by atoms with Gasteiger partial charge in [-0.15, -0.1) is 11.3 Å². The van der Waals surface area contributed by atoms with Gasteiger partial charge in [-0.05, 0) is 79.9 Å². The molecule has 2 heteroatoms. The standard InChI is InChI=1S/C44H25NS/c1-2-12-28-27(11-1)34-16-9-17-35-30(20-21-36(28)44(34)35)29-22-23-40(31-13-4-3-10-26(29)31)45-39-18-7-5-14-32(39)37-25-43-38(24-41(37)45)33-15-6-8-19-42(33)46-43/h1-25H.